The van der Waals surface area contributed by atoms with Crippen molar-refractivity contribution >= 4 is 22.2 Å². The summed E-state index contributed by atoms with van der Waals surface area (Å²) < 4.78 is 0.916. The smallest absolute Gasteiger partial charge is 0.120 e. The lowest BCUT2D eigenvalue weighted by molar-refractivity contribution is -0.107. The number of carbonyl (C=O) groups is 1. The molecule has 0 spiro atoms. The van der Waals surface area contributed by atoms with Gasteiger partial charge in [0.1, 0.15) is 6.29 Å². The van der Waals surface area contributed by atoms with Crippen LogP contribution in [0.4, 0.5) is 0 Å². The molecule has 0 saturated heterocycles. The molecule has 0 fully saturated rings. The maximum absolute atomic E-state index is 10.2. The molecule has 0 bridgehead atoms. The number of aliphatic hydroxyl groups is 1. The Labute approximate surface area is 85.7 Å². The molecule has 0 aliphatic rings. The quantitative estimate of drug-likeness (QED) is 0.822. The molecule has 0 unspecified atom stereocenters. The van der Waals surface area contributed by atoms with Crippen LogP contribution >= 0.6 is 15.9 Å². The average molecular weight is 243 g/mol. The summed E-state index contributed by atoms with van der Waals surface area (Å²) in [6.07, 6.45) is 2.14. The fourth-order valence-electron chi connectivity index (χ4n) is 1.16. The molecule has 0 aliphatic carbocycles. The number of rotatable bonds is 4. The molecule has 70 valence electrons. The van der Waals surface area contributed by atoms with Crippen LogP contribution in [0.3, 0.4) is 0 Å². The van der Waals surface area contributed by atoms with E-state index in [1.807, 2.05) is 18.2 Å². The van der Waals surface area contributed by atoms with E-state index in [4.69, 9.17) is 5.11 Å². The van der Waals surface area contributed by atoms with Crippen molar-refractivity contribution in [2.45, 2.75) is 19.4 Å². The van der Waals surface area contributed by atoms with Gasteiger partial charge in [-0.3, -0.25) is 0 Å². The molecule has 3 heteroatoms. The van der Waals surface area contributed by atoms with Gasteiger partial charge in [-0.2, -0.15) is 0 Å². The highest BCUT2D eigenvalue weighted by atomic mass is 79.9. The van der Waals surface area contributed by atoms with E-state index < -0.39 is 0 Å². The molecule has 2 nitrogen and oxygen atoms in total. The molecule has 0 aliphatic heterocycles. The molecule has 0 atom stereocenters. The number of carbonyl (C=O) groups excluding carboxylic acids is 1. The number of benzene rings is 1. The lowest BCUT2D eigenvalue weighted by Gasteiger charge is -2.05. The third kappa shape index (κ3) is 2.64. The molecule has 0 saturated carbocycles. The summed E-state index contributed by atoms with van der Waals surface area (Å²) in [5, 5.41) is 8.97. The highest BCUT2D eigenvalue weighted by Crippen LogP contribution is 2.22. The van der Waals surface area contributed by atoms with Crippen LogP contribution in [0.25, 0.3) is 0 Å². The van der Waals surface area contributed by atoms with E-state index in [-0.39, 0.29) is 6.61 Å². The van der Waals surface area contributed by atoms with Crippen molar-refractivity contribution in [1.82, 2.24) is 0 Å². The summed E-state index contributed by atoms with van der Waals surface area (Å²) in [7, 11) is 0. The number of hydrogen-bond donors (Lipinski definition) is 1. The standard InChI is InChI=1S/C10H11BrO2/c11-10-8(5-2-6-12)3-1-4-9(10)7-13/h1,3-4,6,13H,2,5,7H2. The topological polar surface area (TPSA) is 37.3 Å². The molecule has 1 rings (SSSR count). The summed E-state index contributed by atoms with van der Waals surface area (Å²) in [5.41, 5.74) is 1.93. The second kappa shape index (κ2) is 5.14. The van der Waals surface area contributed by atoms with Crippen molar-refractivity contribution in [1.29, 1.82) is 0 Å². The Bertz CT molecular complexity index is 297. The van der Waals surface area contributed by atoms with Crippen LogP contribution in [0.1, 0.15) is 17.5 Å². The fraction of sp³-hybridized carbons (Fsp3) is 0.300. The Kier molecular flexibility index (Phi) is 4.12. The van der Waals surface area contributed by atoms with Crippen LogP contribution < -0.4 is 0 Å². The Morgan fingerprint density at radius 2 is 2.08 bits per heavy atom. The lowest BCUT2D eigenvalue weighted by atomic mass is 10.1. The minimum absolute atomic E-state index is 0.0233. The minimum Gasteiger partial charge on any atom is -0.392 e. The number of aliphatic hydroxyl groups excluding tert-OH is 1. The summed E-state index contributed by atoms with van der Waals surface area (Å²) in [6, 6.07) is 5.69. The van der Waals surface area contributed by atoms with E-state index >= 15 is 0 Å². The van der Waals surface area contributed by atoms with Crippen LogP contribution in [0.2, 0.25) is 0 Å². The van der Waals surface area contributed by atoms with Crippen LogP contribution in [-0.2, 0) is 17.8 Å². The molecule has 1 aromatic rings. The van der Waals surface area contributed by atoms with Crippen LogP contribution in [0, 0.1) is 0 Å². The van der Waals surface area contributed by atoms with Crippen LogP contribution in [0.5, 0.6) is 0 Å². The first-order valence-corrected chi connectivity index (χ1v) is 4.89. The van der Waals surface area contributed by atoms with Crippen molar-refractivity contribution in [2.24, 2.45) is 0 Å². The third-order valence-corrected chi connectivity index (χ3v) is 2.88. The first-order valence-electron chi connectivity index (χ1n) is 4.10. The maximum atomic E-state index is 10.2. The normalized spacial score (nSPS) is 10.0. The van der Waals surface area contributed by atoms with Gasteiger partial charge in [-0.1, -0.05) is 34.1 Å². The van der Waals surface area contributed by atoms with Crippen LogP contribution in [-0.4, -0.2) is 11.4 Å². The molecule has 1 aromatic carbocycles. The molecule has 13 heavy (non-hydrogen) atoms. The minimum atomic E-state index is 0.0233. The van der Waals surface area contributed by atoms with Gasteiger partial charge in [0.15, 0.2) is 0 Å². The van der Waals surface area contributed by atoms with E-state index in [1.165, 1.54) is 0 Å². The van der Waals surface area contributed by atoms with Crippen molar-refractivity contribution in [3.05, 3.63) is 33.8 Å². The Morgan fingerprint density at radius 1 is 1.38 bits per heavy atom. The van der Waals surface area contributed by atoms with Gasteiger partial charge in [-0.05, 0) is 17.5 Å². The van der Waals surface area contributed by atoms with E-state index in [0.29, 0.717) is 6.42 Å². The van der Waals surface area contributed by atoms with Gasteiger partial charge in [-0.25, -0.2) is 0 Å². The Hall–Kier alpha value is -0.670. The molecule has 0 heterocycles. The SMILES string of the molecule is O=CCCc1cccc(CO)c1Br. The highest BCUT2D eigenvalue weighted by Gasteiger charge is 2.03. The average Bonchev–Trinajstić information content (AvgIpc) is 2.16. The number of aldehydes is 1. The Morgan fingerprint density at radius 3 is 2.69 bits per heavy atom. The summed E-state index contributed by atoms with van der Waals surface area (Å²) in [5.74, 6) is 0. The molecular weight excluding hydrogens is 232 g/mol. The zero-order chi connectivity index (χ0) is 9.68. The largest absolute Gasteiger partial charge is 0.392 e. The summed E-state index contributed by atoms with van der Waals surface area (Å²) in [4.78, 5) is 10.2. The molecule has 0 radical (unpaired) electrons. The van der Waals surface area contributed by atoms with E-state index in [1.54, 1.807) is 0 Å². The molecule has 0 amide bonds. The van der Waals surface area contributed by atoms with Gasteiger partial charge < -0.3 is 9.90 Å². The first kappa shape index (κ1) is 10.4. The zero-order valence-corrected chi connectivity index (χ0v) is 8.75. The predicted molar refractivity (Wildman–Crippen MR) is 54.4 cm³/mol. The predicted octanol–water partition coefficient (Wildman–Crippen LogP) is 2.07. The molecular formula is C10H11BrO2. The van der Waals surface area contributed by atoms with Gasteiger partial charge >= 0.3 is 0 Å². The summed E-state index contributed by atoms with van der Waals surface area (Å²) >= 11 is 3.40. The molecule has 1 N–H and O–H groups in total. The van der Waals surface area contributed by atoms with E-state index in [2.05, 4.69) is 15.9 Å². The van der Waals surface area contributed by atoms with Gasteiger partial charge in [0.25, 0.3) is 0 Å². The second-order valence-electron chi connectivity index (χ2n) is 2.75. The van der Waals surface area contributed by atoms with Gasteiger partial charge in [0.2, 0.25) is 0 Å². The van der Waals surface area contributed by atoms with Gasteiger partial charge in [0, 0.05) is 10.9 Å². The van der Waals surface area contributed by atoms with E-state index in [0.717, 1.165) is 28.3 Å². The second-order valence-corrected chi connectivity index (χ2v) is 3.55. The van der Waals surface area contributed by atoms with Crippen LogP contribution in [0.15, 0.2) is 22.7 Å². The maximum Gasteiger partial charge on any atom is 0.120 e. The van der Waals surface area contributed by atoms with Gasteiger partial charge in [0.05, 0.1) is 6.61 Å². The Balaban J connectivity index is 2.87. The van der Waals surface area contributed by atoms with Crippen molar-refractivity contribution in [3.63, 3.8) is 0 Å². The first-order chi connectivity index (χ1) is 6.29. The van der Waals surface area contributed by atoms with E-state index in [9.17, 15) is 4.79 Å². The molecule has 0 aromatic heterocycles. The van der Waals surface area contributed by atoms with Crippen molar-refractivity contribution in [3.8, 4) is 0 Å². The lowest BCUT2D eigenvalue weighted by Crippen LogP contribution is -1.92. The number of aryl methyl sites for hydroxylation is 1. The number of halogens is 1. The van der Waals surface area contributed by atoms with Crippen molar-refractivity contribution < 1.29 is 9.90 Å². The zero-order valence-electron chi connectivity index (χ0n) is 7.16. The van der Waals surface area contributed by atoms with Gasteiger partial charge in [-0.15, -0.1) is 0 Å². The highest BCUT2D eigenvalue weighted by molar-refractivity contribution is 9.10. The number of hydrogen-bond acceptors (Lipinski definition) is 2. The van der Waals surface area contributed by atoms with Crippen molar-refractivity contribution in [2.75, 3.05) is 0 Å². The monoisotopic (exact) mass is 242 g/mol. The third-order valence-electron chi connectivity index (χ3n) is 1.86. The fourth-order valence-corrected chi connectivity index (χ4v) is 1.75. The summed E-state index contributed by atoms with van der Waals surface area (Å²) in [6.45, 7) is 0.0233.